The fraction of sp³-hybridized carbons (Fsp3) is 0. The minimum atomic E-state index is -0.535. The van der Waals surface area contributed by atoms with E-state index >= 15 is 0 Å². The van der Waals surface area contributed by atoms with Crippen LogP contribution in [0.2, 0.25) is 5.02 Å². The molecule has 0 atom stereocenters. The second-order valence-corrected chi connectivity index (χ2v) is 5.07. The number of nitrogens with zero attached hydrogens (tertiary/aromatic N) is 1. The van der Waals surface area contributed by atoms with E-state index in [4.69, 9.17) is 23.8 Å². The number of thiocarbonyl (C=S) groups is 1. The van der Waals surface area contributed by atoms with E-state index in [1.165, 1.54) is 24.3 Å². The van der Waals surface area contributed by atoms with E-state index in [1.54, 1.807) is 24.3 Å². The lowest BCUT2D eigenvalue weighted by molar-refractivity contribution is -0.384. The fourth-order valence-electron chi connectivity index (χ4n) is 1.64. The molecule has 0 unspecified atom stereocenters. The highest BCUT2D eigenvalue weighted by molar-refractivity contribution is 7.80. The van der Waals surface area contributed by atoms with Crippen molar-refractivity contribution in [2.75, 3.05) is 5.32 Å². The van der Waals surface area contributed by atoms with E-state index in [9.17, 15) is 14.9 Å². The monoisotopic (exact) mass is 335 g/mol. The number of carbonyl (C=O) groups excluding carboxylic acids is 1. The molecule has 0 aromatic heterocycles. The number of hydrogen-bond acceptors (Lipinski definition) is 4. The van der Waals surface area contributed by atoms with Gasteiger partial charge in [-0.2, -0.15) is 0 Å². The third-order valence-electron chi connectivity index (χ3n) is 2.65. The molecule has 0 radical (unpaired) electrons. The Morgan fingerprint density at radius 3 is 2.45 bits per heavy atom. The molecule has 0 aliphatic carbocycles. The van der Waals surface area contributed by atoms with Crippen molar-refractivity contribution in [3.05, 3.63) is 69.2 Å². The highest BCUT2D eigenvalue weighted by Crippen LogP contribution is 2.15. The molecule has 0 aliphatic heterocycles. The fourth-order valence-corrected chi connectivity index (χ4v) is 2.04. The summed E-state index contributed by atoms with van der Waals surface area (Å²) in [6, 6.07) is 12.1. The molecular formula is C14H10ClN3O3S. The van der Waals surface area contributed by atoms with Gasteiger partial charge in [0.1, 0.15) is 0 Å². The number of non-ortho nitro benzene ring substituents is 1. The highest BCUT2D eigenvalue weighted by atomic mass is 35.5. The predicted molar refractivity (Wildman–Crippen MR) is 88.2 cm³/mol. The summed E-state index contributed by atoms with van der Waals surface area (Å²) in [6.45, 7) is 0. The first-order valence-electron chi connectivity index (χ1n) is 6.08. The van der Waals surface area contributed by atoms with Gasteiger partial charge in [-0.3, -0.25) is 20.2 Å². The van der Waals surface area contributed by atoms with Crippen LogP contribution in [0.25, 0.3) is 0 Å². The summed E-state index contributed by atoms with van der Waals surface area (Å²) >= 11 is 10.9. The number of nitro groups is 1. The van der Waals surface area contributed by atoms with Gasteiger partial charge < -0.3 is 5.32 Å². The standard InChI is InChI=1S/C14H10ClN3O3S/c15-10-2-1-3-11(8-10)16-14(22)17-13(19)9-4-6-12(7-5-9)18(20)21/h1-8H,(H2,16,17,19,22). The second kappa shape index (κ2) is 6.97. The Hall–Kier alpha value is -2.51. The van der Waals surface area contributed by atoms with Gasteiger partial charge in [-0.05, 0) is 42.5 Å². The molecule has 2 rings (SSSR count). The van der Waals surface area contributed by atoms with Crippen molar-refractivity contribution in [1.82, 2.24) is 5.32 Å². The molecule has 0 aliphatic rings. The van der Waals surface area contributed by atoms with Gasteiger partial charge >= 0.3 is 0 Å². The highest BCUT2D eigenvalue weighted by Gasteiger charge is 2.10. The van der Waals surface area contributed by atoms with Crippen LogP contribution < -0.4 is 10.6 Å². The Balaban J connectivity index is 1.99. The van der Waals surface area contributed by atoms with Crippen LogP contribution in [0.3, 0.4) is 0 Å². The van der Waals surface area contributed by atoms with E-state index < -0.39 is 10.8 Å². The van der Waals surface area contributed by atoms with Gasteiger partial charge in [0.2, 0.25) is 0 Å². The number of anilines is 1. The topological polar surface area (TPSA) is 84.3 Å². The third-order valence-corrected chi connectivity index (χ3v) is 3.09. The van der Waals surface area contributed by atoms with Crippen LogP contribution in [0, 0.1) is 10.1 Å². The third kappa shape index (κ3) is 4.24. The molecule has 0 spiro atoms. The molecule has 8 heteroatoms. The number of halogens is 1. The number of hydrogen-bond donors (Lipinski definition) is 2. The largest absolute Gasteiger partial charge is 0.332 e. The normalized spacial score (nSPS) is 9.86. The summed E-state index contributed by atoms with van der Waals surface area (Å²) in [7, 11) is 0. The molecule has 6 nitrogen and oxygen atoms in total. The molecule has 0 bridgehead atoms. The van der Waals surface area contributed by atoms with E-state index in [-0.39, 0.29) is 16.4 Å². The lowest BCUT2D eigenvalue weighted by atomic mass is 10.2. The Labute approximate surface area is 136 Å². The number of rotatable bonds is 3. The molecule has 112 valence electrons. The maximum Gasteiger partial charge on any atom is 0.269 e. The Morgan fingerprint density at radius 1 is 1.18 bits per heavy atom. The van der Waals surface area contributed by atoms with Crippen LogP contribution in [0.5, 0.6) is 0 Å². The van der Waals surface area contributed by atoms with Crippen molar-refractivity contribution in [1.29, 1.82) is 0 Å². The van der Waals surface area contributed by atoms with Crippen LogP contribution in [-0.2, 0) is 0 Å². The SMILES string of the molecule is O=C(NC(=S)Nc1cccc(Cl)c1)c1ccc([N+](=O)[O-])cc1. The van der Waals surface area contributed by atoms with Gasteiger partial charge in [0.25, 0.3) is 11.6 Å². The van der Waals surface area contributed by atoms with E-state index in [2.05, 4.69) is 10.6 Å². The molecule has 2 N–H and O–H groups in total. The molecule has 2 aromatic carbocycles. The lowest BCUT2D eigenvalue weighted by Gasteiger charge is -2.09. The van der Waals surface area contributed by atoms with Crippen molar-refractivity contribution in [3.8, 4) is 0 Å². The van der Waals surface area contributed by atoms with Crippen molar-refractivity contribution < 1.29 is 9.72 Å². The maximum atomic E-state index is 12.0. The molecular weight excluding hydrogens is 326 g/mol. The molecule has 0 saturated carbocycles. The van der Waals surface area contributed by atoms with Crippen LogP contribution in [0.15, 0.2) is 48.5 Å². The maximum absolute atomic E-state index is 12.0. The van der Waals surface area contributed by atoms with E-state index in [0.717, 1.165) is 0 Å². The molecule has 22 heavy (non-hydrogen) atoms. The minimum Gasteiger partial charge on any atom is -0.332 e. The summed E-state index contributed by atoms with van der Waals surface area (Å²) in [5, 5.41) is 16.5. The van der Waals surface area contributed by atoms with Gasteiger partial charge in [-0.25, -0.2) is 0 Å². The summed E-state index contributed by atoms with van der Waals surface area (Å²) in [6.07, 6.45) is 0. The molecule has 0 fully saturated rings. The summed E-state index contributed by atoms with van der Waals surface area (Å²) < 4.78 is 0. The van der Waals surface area contributed by atoms with Crippen molar-refractivity contribution in [3.63, 3.8) is 0 Å². The van der Waals surface area contributed by atoms with Crippen molar-refractivity contribution >= 4 is 46.2 Å². The zero-order valence-corrected chi connectivity index (χ0v) is 12.6. The smallest absolute Gasteiger partial charge is 0.269 e. The zero-order chi connectivity index (χ0) is 16.1. The molecule has 1 amide bonds. The molecule has 0 heterocycles. The minimum absolute atomic E-state index is 0.0869. The Bertz CT molecular complexity index is 734. The number of nitro benzene ring substituents is 1. The van der Waals surface area contributed by atoms with Crippen LogP contribution in [-0.4, -0.2) is 15.9 Å². The van der Waals surface area contributed by atoms with Crippen molar-refractivity contribution in [2.45, 2.75) is 0 Å². The number of nitrogens with one attached hydrogen (secondary N) is 2. The second-order valence-electron chi connectivity index (χ2n) is 4.22. The van der Waals surface area contributed by atoms with Gasteiger partial charge in [0.05, 0.1) is 4.92 Å². The van der Waals surface area contributed by atoms with Gasteiger partial charge in [0.15, 0.2) is 5.11 Å². The Kier molecular flexibility index (Phi) is 5.03. The first kappa shape index (κ1) is 15.9. The summed E-state index contributed by atoms with van der Waals surface area (Å²) in [5.41, 5.74) is 0.818. The van der Waals surface area contributed by atoms with Crippen molar-refractivity contribution in [2.24, 2.45) is 0 Å². The first-order chi connectivity index (χ1) is 10.5. The number of amides is 1. The number of benzene rings is 2. The van der Waals surface area contributed by atoms with Crippen LogP contribution in [0.1, 0.15) is 10.4 Å². The van der Waals surface area contributed by atoms with E-state index in [0.29, 0.717) is 10.7 Å². The number of carbonyl (C=O) groups is 1. The summed E-state index contributed by atoms with van der Waals surface area (Å²) in [5.74, 6) is -0.463. The average molecular weight is 336 g/mol. The Morgan fingerprint density at radius 2 is 1.86 bits per heavy atom. The van der Waals surface area contributed by atoms with Gasteiger partial charge in [-0.15, -0.1) is 0 Å². The first-order valence-corrected chi connectivity index (χ1v) is 6.86. The summed E-state index contributed by atoms with van der Waals surface area (Å²) in [4.78, 5) is 22.0. The van der Waals surface area contributed by atoms with Gasteiger partial charge in [-0.1, -0.05) is 17.7 Å². The average Bonchev–Trinajstić information content (AvgIpc) is 2.47. The van der Waals surface area contributed by atoms with E-state index in [1.807, 2.05) is 0 Å². The lowest BCUT2D eigenvalue weighted by Crippen LogP contribution is -2.34. The predicted octanol–water partition coefficient (Wildman–Crippen LogP) is 3.38. The van der Waals surface area contributed by atoms with Crippen LogP contribution >= 0.6 is 23.8 Å². The van der Waals surface area contributed by atoms with Crippen LogP contribution in [0.4, 0.5) is 11.4 Å². The molecule has 0 saturated heterocycles. The van der Waals surface area contributed by atoms with Gasteiger partial charge in [0, 0.05) is 28.4 Å². The quantitative estimate of drug-likeness (QED) is 0.510. The molecule has 2 aromatic rings. The zero-order valence-electron chi connectivity index (χ0n) is 11.1.